The lowest BCUT2D eigenvalue weighted by molar-refractivity contribution is -0.131. The number of nitrogens with two attached hydrogens (primary N) is 1. The van der Waals surface area contributed by atoms with Crippen molar-refractivity contribution < 1.29 is 14.4 Å². The zero-order valence-corrected chi connectivity index (χ0v) is 16.7. The highest BCUT2D eigenvalue weighted by Gasteiger charge is 2.30. The molecule has 0 heterocycles. The summed E-state index contributed by atoms with van der Waals surface area (Å²) < 4.78 is 0. The van der Waals surface area contributed by atoms with E-state index in [-0.39, 0.29) is 35.1 Å². The Bertz CT molecular complexity index is 456. The quantitative estimate of drug-likeness (QED) is 0.445. The first-order valence-corrected chi connectivity index (χ1v) is 9.00. The third kappa shape index (κ3) is 10.1. The molecule has 0 aromatic heterocycles. The molecule has 5 N–H and O–H groups in total. The maximum absolute atomic E-state index is 12.7. The molecule has 0 rings (SSSR count). The minimum absolute atomic E-state index is 0.00862. The fourth-order valence-electron chi connectivity index (χ4n) is 2.47. The number of carbonyl (C=O) groups excluding carboxylic acids is 3. The van der Waals surface area contributed by atoms with Crippen molar-refractivity contribution in [2.24, 2.45) is 17.6 Å². The van der Waals surface area contributed by atoms with E-state index in [0.29, 0.717) is 19.4 Å². The Morgan fingerprint density at radius 2 is 1.60 bits per heavy atom. The Kier molecular flexibility index (Phi) is 9.70. The number of hydrogen-bond acceptors (Lipinski definition) is 4. The third-order valence-corrected chi connectivity index (χ3v) is 3.74. The van der Waals surface area contributed by atoms with E-state index in [1.165, 1.54) is 0 Å². The van der Waals surface area contributed by atoms with E-state index >= 15 is 0 Å². The van der Waals surface area contributed by atoms with Crippen molar-refractivity contribution in [3.63, 3.8) is 0 Å². The number of nitrogens with one attached hydrogen (secondary N) is 3. The zero-order chi connectivity index (χ0) is 19.8. The van der Waals surface area contributed by atoms with Gasteiger partial charge in [-0.2, -0.15) is 0 Å². The molecule has 0 bridgehead atoms. The van der Waals surface area contributed by atoms with Crippen molar-refractivity contribution in [3.05, 3.63) is 0 Å². The molecule has 0 aliphatic heterocycles. The summed E-state index contributed by atoms with van der Waals surface area (Å²) in [4.78, 5) is 35.9. The topological polar surface area (TPSA) is 113 Å². The molecular weight excluding hydrogens is 320 g/mol. The van der Waals surface area contributed by atoms with Crippen LogP contribution in [0.5, 0.6) is 0 Å². The zero-order valence-electron chi connectivity index (χ0n) is 16.7. The van der Waals surface area contributed by atoms with Gasteiger partial charge in [0.2, 0.25) is 5.91 Å². The second-order valence-electron chi connectivity index (χ2n) is 8.17. The van der Waals surface area contributed by atoms with E-state index in [2.05, 4.69) is 16.0 Å². The normalized spacial score (nSPS) is 14.3. The molecule has 0 fully saturated rings. The Labute approximate surface area is 151 Å². The molecule has 0 aliphatic rings. The molecule has 0 aromatic carbocycles. The molecule has 7 heteroatoms. The van der Waals surface area contributed by atoms with Crippen LogP contribution in [0.15, 0.2) is 0 Å². The van der Waals surface area contributed by atoms with Gasteiger partial charge in [0.15, 0.2) is 5.78 Å². The molecule has 2 unspecified atom stereocenters. The summed E-state index contributed by atoms with van der Waals surface area (Å²) in [5.41, 5.74) is 4.82. The van der Waals surface area contributed by atoms with E-state index < -0.39 is 12.1 Å². The maximum Gasteiger partial charge on any atom is 0.312 e. The van der Waals surface area contributed by atoms with Gasteiger partial charge in [-0.15, -0.1) is 0 Å². The number of hydrogen-bond donors (Lipinski definition) is 4. The van der Waals surface area contributed by atoms with Crippen molar-refractivity contribution in [2.75, 3.05) is 6.54 Å². The molecule has 2 atom stereocenters. The first-order valence-electron chi connectivity index (χ1n) is 9.00. The van der Waals surface area contributed by atoms with Crippen molar-refractivity contribution in [1.82, 2.24) is 16.0 Å². The van der Waals surface area contributed by atoms with E-state index in [4.69, 9.17) is 5.73 Å². The lowest BCUT2D eigenvalue weighted by Gasteiger charge is -2.31. The number of primary amides is 1. The molecule has 25 heavy (non-hydrogen) atoms. The predicted molar refractivity (Wildman–Crippen MR) is 100 cm³/mol. The van der Waals surface area contributed by atoms with E-state index in [1.807, 2.05) is 48.5 Å². The number of urea groups is 1. The molecule has 7 nitrogen and oxygen atoms in total. The van der Waals surface area contributed by atoms with Crippen LogP contribution in [0.1, 0.15) is 61.3 Å². The van der Waals surface area contributed by atoms with Crippen LogP contribution in [0, 0.1) is 11.8 Å². The second kappa shape index (κ2) is 10.4. The van der Waals surface area contributed by atoms with Crippen molar-refractivity contribution in [1.29, 1.82) is 0 Å². The van der Waals surface area contributed by atoms with Gasteiger partial charge < -0.3 is 21.7 Å². The summed E-state index contributed by atoms with van der Waals surface area (Å²) in [6, 6.07) is -1.54. The van der Waals surface area contributed by atoms with Crippen molar-refractivity contribution in [3.8, 4) is 0 Å². The number of amides is 3. The number of ketones is 1. The Morgan fingerprint density at radius 1 is 1.04 bits per heavy atom. The average Bonchev–Trinajstić information content (AvgIpc) is 2.45. The Morgan fingerprint density at radius 3 is 2.00 bits per heavy atom. The number of carbonyl (C=O) groups is 3. The van der Waals surface area contributed by atoms with Crippen molar-refractivity contribution >= 4 is 17.7 Å². The van der Waals surface area contributed by atoms with Gasteiger partial charge in [-0.3, -0.25) is 9.59 Å². The molecule has 0 saturated heterocycles. The van der Waals surface area contributed by atoms with Gasteiger partial charge in [-0.25, -0.2) is 4.79 Å². The maximum atomic E-state index is 12.7. The predicted octanol–water partition coefficient (Wildman–Crippen LogP) is 1.56. The first kappa shape index (κ1) is 23.4. The SMILES string of the molecule is CC(C)C(=O)C(CCCNC(N)=O)NC(=O)C(NC(C)(C)C)C(C)C. The largest absolute Gasteiger partial charge is 0.352 e. The molecule has 3 amide bonds. The summed E-state index contributed by atoms with van der Waals surface area (Å²) >= 11 is 0. The van der Waals surface area contributed by atoms with Crippen molar-refractivity contribution in [2.45, 2.75) is 78.9 Å². The molecule has 0 aliphatic carbocycles. The van der Waals surface area contributed by atoms with Crippen LogP contribution in [0.3, 0.4) is 0 Å². The Hall–Kier alpha value is -1.63. The lowest BCUT2D eigenvalue weighted by Crippen LogP contribution is -2.57. The minimum Gasteiger partial charge on any atom is -0.352 e. The van der Waals surface area contributed by atoms with E-state index in [0.717, 1.165) is 0 Å². The second-order valence-corrected chi connectivity index (χ2v) is 8.17. The fraction of sp³-hybridized carbons (Fsp3) is 0.833. The molecule has 0 radical (unpaired) electrons. The van der Waals surface area contributed by atoms with Crippen LogP contribution in [0.2, 0.25) is 0 Å². The Balaban J connectivity index is 4.97. The van der Waals surface area contributed by atoms with Crippen LogP contribution < -0.4 is 21.7 Å². The fourth-order valence-corrected chi connectivity index (χ4v) is 2.47. The van der Waals surface area contributed by atoms with Crippen LogP contribution in [0.4, 0.5) is 4.79 Å². The molecule has 146 valence electrons. The van der Waals surface area contributed by atoms with Crippen LogP contribution in [0.25, 0.3) is 0 Å². The van der Waals surface area contributed by atoms with Gasteiger partial charge in [0.05, 0.1) is 12.1 Å². The van der Waals surface area contributed by atoms with E-state index in [1.54, 1.807) is 0 Å². The molecule has 0 saturated carbocycles. The molecule has 0 aromatic rings. The summed E-state index contributed by atoms with van der Waals surface area (Å²) in [6.07, 6.45) is 1.02. The smallest absolute Gasteiger partial charge is 0.312 e. The standard InChI is InChI=1S/C18H36N4O3/c1-11(2)14(22-18(5,6)7)16(24)21-13(15(23)12(3)4)9-8-10-20-17(19)25/h11-14,22H,8-10H2,1-7H3,(H,21,24)(H3,19,20,25). The van der Waals surface area contributed by atoms with Gasteiger partial charge in [-0.05, 0) is 39.5 Å². The third-order valence-electron chi connectivity index (χ3n) is 3.74. The highest BCUT2D eigenvalue weighted by Crippen LogP contribution is 2.11. The molecular formula is C18H36N4O3. The lowest BCUT2D eigenvalue weighted by atomic mass is 9.95. The minimum atomic E-state index is -0.593. The highest BCUT2D eigenvalue weighted by atomic mass is 16.2. The van der Waals surface area contributed by atoms with Gasteiger partial charge in [0.25, 0.3) is 0 Å². The summed E-state index contributed by atoms with van der Waals surface area (Å²) in [6.45, 7) is 14.0. The monoisotopic (exact) mass is 356 g/mol. The summed E-state index contributed by atoms with van der Waals surface area (Å²) in [5.74, 6) is -0.273. The van der Waals surface area contributed by atoms with E-state index in [9.17, 15) is 14.4 Å². The highest BCUT2D eigenvalue weighted by molar-refractivity contribution is 5.91. The molecule has 0 spiro atoms. The van der Waals surface area contributed by atoms with Gasteiger partial charge in [-0.1, -0.05) is 27.7 Å². The van der Waals surface area contributed by atoms with Gasteiger partial charge >= 0.3 is 6.03 Å². The summed E-state index contributed by atoms with van der Waals surface area (Å²) in [7, 11) is 0. The average molecular weight is 357 g/mol. The van der Waals surface area contributed by atoms with Crippen LogP contribution in [-0.2, 0) is 9.59 Å². The van der Waals surface area contributed by atoms with Gasteiger partial charge in [0, 0.05) is 18.0 Å². The first-order chi connectivity index (χ1) is 11.3. The van der Waals surface area contributed by atoms with Gasteiger partial charge in [0.1, 0.15) is 0 Å². The number of Topliss-reactive ketones (excluding diaryl/α,β-unsaturated/α-hetero) is 1. The number of rotatable bonds is 10. The van der Waals surface area contributed by atoms with Crippen LogP contribution >= 0.6 is 0 Å². The summed E-state index contributed by atoms with van der Waals surface area (Å²) in [5, 5.41) is 8.71. The van der Waals surface area contributed by atoms with Crippen LogP contribution in [-0.4, -0.2) is 41.9 Å².